The second-order valence-corrected chi connectivity index (χ2v) is 8.38. The third-order valence-corrected chi connectivity index (χ3v) is 5.81. The second-order valence-electron chi connectivity index (χ2n) is 8.38. The standard InChI is InChI=1S/C24H23F2N7O2/c1-14-11-31(13-27-14)20-7-5-18(10-21(20)35-3)28-23-29-24-32(22(34)8-15(2)33(24)30-23)12-16-9-17(25)4-6-19(16)26/h4-7,9-11,13,15H,8,12H2,1-3H3,(H,28,30). The Labute approximate surface area is 200 Å². The van der Waals surface area contributed by atoms with E-state index in [9.17, 15) is 13.6 Å². The molecule has 35 heavy (non-hydrogen) atoms. The van der Waals surface area contributed by atoms with Crippen LogP contribution in [-0.2, 0) is 11.3 Å². The van der Waals surface area contributed by atoms with Crippen LogP contribution >= 0.6 is 0 Å². The molecule has 9 nitrogen and oxygen atoms in total. The lowest BCUT2D eigenvalue weighted by Gasteiger charge is -2.29. The molecule has 3 heterocycles. The van der Waals surface area contributed by atoms with Crippen molar-refractivity contribution in [2.75, 3.05) is 17.3 Å². The van der Waals surface area contributed by atoms with Gasteiger partial charge in [0.1, 0.15) is 17.4 Å². The number of aryl methyl sites for hydroxylation is 1. The fourth-order valence-corrected chi connectivity index (χ4v) is 4.05. The number of benzene rings is 2. The van der Waals surface area contributed by atoms with E-state index < -0.39 is 11.6 Å². The fraction of sp³-hybridized carbons (Fsp3) is 0.250. The number of carbonyl (C=O) groups is 1. The number of anilines is 3. The van der Waals surface area contributed by atoms with Gasteiger partial charge in [-0.3, -0.25) is 9.69 Å². The van der Waals surface area contributed by atoms with Gasteiger partial charge >= 0.3 is 0 Å². The van der Waals surface area contributed by atoms with Gasteiger partial charge < -0.3 is 14.6 Å². The number of rotatable bonds is 6. The molecule has 0 saturated heterocycles. The number of nitrogens with zero attached hydrogens (tertiary/aromatic N) is 6. The Morgan fingerprint density at radius 3 is 2.77 bits per heavy atom. The van der Waals surface area contributed by atoms with Crippen molar-refractivity contribution in [2.45, 2.75) is 32.9 Å². The number of amides is 1. The number of hydrogen-bond donors (Lipinski definition) is 1. The summed E-state index contributed by atoms with van der Waals surface area (Å²) in [5.74, 6) is -0.275. The second kappa shape index (κ2) is 8.82. The Morgan fingerprint density at radius 1 is 1.20 bits per heavy atom. The van der Waals surface area contributed by atoms with Crippen LogP contribution in [-0.4, -0.2) is 37.3 Å². The fourth-order valence-electron chi connectivity index (χ4n) is 4.05. The van der Waals surface area contributed by atoms with Crippen LogP contribution in [0.25, 0.3) is 5.69 Å². The zero-order chi connectivity index (χ0) is 24.7. The molecule has 0 fully saturated rings. The summed E-state index contributed by atoms with van der Waals surface area (Å²) < 4.78 is 36.9. The minimum absolute atomic E-state index is 0.0621. The molecule has 1 atom stereocenters. The average Bonchev–Trinajstić information content (AvgIpc) is 3.45. The SMILES string of the molecule is COc1cc(Nc2nc3n(n2)C(C)CC(=O)N3Cc2cc(F)ccc2F)ccc1-n1cnc(C)c1. The maximum atomic E-state index is 14.2. The number of aromatic nitrogens is 5. The van der Waals surface area contributed by atoms with Crippen molar-refractivity contribution in [2.24, 2.45) is 0 Å². The first-order chi connectivity index (χ1) is 16.8. The number of methoxy groups -OCH3 is 1. The Balaban J connectivity index is 1.44. The lowest BCUT2D eigenvalue weighted by Crippen LogP contribution is -2.39. The Kier molecular flexibility index (Phi) is 5.67. The molecule has 5 rings (SSSR count). The topological polar surface area (TPSA) is 90.1 Å². The van der Waals surface area contributed by atoms with Crippen molar-refractivity contribution < 1.29 is 18.3 Å². The first kappa shape index (κ1) is 22.5. The summed E-state index contributed by atoms with van der Waals surface area (Å²) in [6.45, 7) is 3.60. The van der Waals surface area contributed by atoms with E-state index in [-0.39, 0.29) is 42.4 Å². The molecule has 1 aliphatic heterocycles. The van der Waals surface area contributed by atoms with E-state index >= 15 is 0 Å². The van der Waals surface area contributed by atoms with Crippen molar-refractivity contribution in [3.8, 4) is 11.4 Å². The van der Waals surface area contributed by atoms with Gasteiger partial charge in [0.25, 0.3) is 0 Å². The highest BCUT2D eigenvalue weighted by Crippen LogP contribution is 2.32. The molecule has 1 aliphatic rings. The average molecular weight is 479 g/mol. The van der Waals surface area contributed by atoms with Crippen molar-refractivity contribution >= 4 is 23.5 Å². The van der Waals surface area contributed by atoms with E-state index in [1.54, 1.807) is 24.2 Å². The monoisotopic (exact) mass is 479 g/mol. The van der Waals surface area contributed by atoms with Crippen LogP contribution in [0.2, 0.25) is 0 Å². The highest BCUT2D eigenvalue weighted by atomic mass is 19.1. The molecule has 2 aromatic heterocycles. The zero-order valence-corrected chi connectivity index (χ0v) is 19.4. The van der Waals surface area contributed by atoms with Crippen LogP contribution in [0.5, 0.6) is 5.75 Å². The molecule has 2 aromatic carbocycles. The smallest absolute Gasteiger partial charge is 0.248 e. The Bertz CT molecular complexity index is 1410. The molecule has 11 heteroatoms. The van der Waals surface area contributed by atoms with E-state index in [4.69, 9.17) is 4.74 Å². The first-order valence-corrected chi connectivity index (χ1v) is 11.0. The number of hydrogen-bond acceptors (Lipinski definition) is 6. The molecule has 0 saturated carbocycles. The largest absolute Gasteiger partial charge is 0.494 e. The lowest BCUT2D eigenvalue weighted by atomic mass is 10.1. The number of nitrogens with one attached hydrogen (secondary N) is 1. The van der Waals surface area contributed by atoms with Crippen molar-refractivity contribution in [3.05, 3.63) is 71.8 Å². The number of fused-ring (bicyclic) bond motifs is 1. The van der Waals surface area contributed by atoms with Crippen LogP contribution in [0.1, 0.15) is 30.6 Å². The number of halogens is 2. The first-order valence-electron chi connectivity index (χ1n) is 11.0. The van der Waals surface area contributed by atoms with Crippen LogP contribution in [0.4, 0.5) is 26.4 Å². The summed E-state index contributed by atoms with van der Waals surface area (Å²) >= 11 is 0. The Hall–Kier alpha value is -4.28. The molecule has 0 spiro atoms. The summed E-state index contributed by atoms with van der Waals surface area (Å²) in [6.07, 6.45) is 3.77. The predicted molar refractivity (Wildman–Crippen MR) is 125 cm³/mol. The minimum atomic E-state index is -0.595. The molecule has 0 bridgehead atoms. The van der Waals surface area contributed by atoms with Gasteiger partial charge in [-0.15, -0.1) is 5.10 Å². The van der Waals surface area contributed by atoms with Gasteiger partial charge in [0.2, 0.25) is 17.8 Å². The van der Waals surface area contributed by atoms with E-state index in [1.807, 2.05) is 36.7 Å². The summed E-state index contributed by atoms with van der Waals surface area (Å²) in [5.41, 5.74) is 2.44. The van der Waals surface area contributed by atoms with Crippen LogP contribution in [0.15, 0.2) is 48.9 Å². The number of carbonyl (C=O) groups excluding carboxylic acids is 1. The van der Waals surface area contributed by atoms with E-state index in [1.165, 1.54) is 4.90 Å². The van der Waals surface area contributed by atoms with Crippen molar-refractivity contribution in [1.29, 1.82) is 0 Å². The quantitative estimate of drug-likeness (QED) is 0.444. The zero-order valence-electron chi connectivity index (χ0n) is 19.4. The Morgan fingerprint density at radius 2 is 2.03 bits per heavy atom. The van der Waals surface area contributed by atoms with Gasteiger partial charge in [-0.25, -0.2) is 18.4 Å². The van der Waals surface area contributed by atoms with Crippen molar-refractivity contribution in [1.82, 2.24) is 24.3 Å². The predicted octanol–water partition coefficient (Wildman–Crippen LogP) is 4.30. The van der Waals surface area contributed by atoms with E-state index in [0.717, 1.165) is 29.6 Å². The molecule has 0 radical (unpaired) electrons. The van der Waals surface area contributed by atoms with Gasteiger partial charge in [0.05, 0.1) is 37.4 Å². The lowest BCUT2D eigenvalue weighted by molar-refractivity contribution is -0.120. The van der Waals surface area contributed by atoms with Gasteiger partial charge in [0, 0.05) is 29.9 Å². The normalized spacial score (nSPS) is 15.3. The highest BCUT2D eigenvalue weighted by Gasteiger charge is 2.33. The molecule has 1 amide bonds. The molecule has 4 aromatic rings. The van der Waals surface area contributed by atoms with Crippen molar-refractivity contribution in [3.63, 3.8) is 0 Å². The maximum absolute atomic E-state index is 14.2. The summed E-state index contributed by atoms with van der Waals surface area (Å²) in [6, 6.07) is 8.45. The molecule has 180 valence electrons. The van der Waals surface area contributed by atoms with E-state index in [2.05, 4.69) is 20.4 Å². The van der Waals surface area contributed by atoms with Crippen LogP contribution in [0.3, 0.4) is 0 Å². The van der Waals surface area contributed by atoms with Crippen LogP contribution in [0, 0.1) is 18.6 Å². The third-order valence-electron chi connectivity index (χ3n) is 5.81. The molecular formula is C24H23F2N7O2. The molecule has 1 N–H and O–H groups in total. The van der Waals surface area contributed by atoms with Gasteiger partial charge in [-0.05, 0) is 44.2 Å². The van der Waals surface area contributed by atoms with Gasteiger partial charge in [-0.1, -0.05) is 0 Å². The van der Waals surface area contributed by atoms with E-state index in [0.29, 0.717) is 11.4 Å². The molecule has 1 unspecified atom stereocenters. The third kappa shape index (κ3) is 4.32. The van der Waals surface area contributed by atoms with Gasteiger partial charge in [0.15, 0.2) is 0 Å². The highest BCUT2D eigenvalue weighted by molar-refractivity contribution is 5.93. The molecular weight excluding hydrogens is 456 g/mol. The molecule has 0 aliphatic carbocycles. The van der Waals surface area contributed by atoms with Gasteiger partial charge in [-0.2, -0.15) is 4.98 Å². The number of imidazole rings is 1. The minimum Gasteiger partial charge on any atom is -0.494 e. The van der Waals surface area contributed by atoms with Crippen LogP contribution < -0.4 is 15.0 Å². The summed E-state index contributed by atoms with van der Waals surface area (Å²) in [7, 11) is 1.58. The summed E-state index contributed by atoms with van der Waals surface area (Å²) in [4.78, 5) is 22.8. The number of ether oxygens (including phenoxy) is 1. The summed E-state index contributed by atoms with van der Waals surface area (Å²) in [5, 5.41) is 7.65. The maximum Gasteiger partial charge on any atom is 0.248 e.